The zero-order valence-corrected chi connectivity index (χ0v) is 23.3. The summed E-state index contributed by atoms with van der Waals surface area (Å²) in [5.74, 6) is 0.0227. The first-order chi connectivity index (χ1) is 18.8. The zero-order valence-electron chi connectivity index (χ0n) is 23.3. The maximum Gasteiger partial charge on any atom is 0.251 e. The van der Waals surface area contributed by atoms with E-state index >= 15 is 0 Å². The van der Waals surface area contributed by atoms with Gasteiger partial charge in [0.2, 0.25) is 0 Å². The minimum absolute atomic E-state index is 0.0114. The Morgan fingerprint density at radius 2 is 0.711 bits per heavy atom. The van der Waals surface area contributed by atoms with Gasteiger partial charge < -0.3 is 21.3 Å². The Balaban J connectivity index is 1.22. The average molecular weight is 523 g/mol. The largest absolute Gasteiger partial charge is 0.352 e. The van der Waals surface area contributed by atoms with Gasteiger partial charge in [0.1, 0.15) is 0 Å². The van der Waals surface area contributed by atoms with Crippen LogP contribution in [0.1, 0.15) is 97.8 Å². The van der Waals surface area contributed by atoms with E-state index in [2.05, 4.69) is 21.3 Å². The molecule has 0 aliphatic carbocycles. The number of amides is 2. The molecule has 0 saturated carbocycles. The standard InChI is InChI=1S/C32H50N4O2/c37-31(29-19-11-9-12-20-29)35-27-17-25-33-23-15-7-5-3-1-2-4-6-8-16-24-34-26-18-28-36-32(38)30-21-13-10-14-22-30/h9-14,19-22,33-34H,1-8,15-18,23-28H2,(H,35,37)(H,36,38). The number of carbonyl (C=O) groups excluding carboxylic acids is 2. The van der Waals surface area contributed by atoms with Crippen LogP contribution in [0.4, 0.5) is 0 Å². The third-order valence-corrected chi connectivity index (χ3v) is 6.66. The molecule has 2 aromatic rings. The van der Waals surface area contributed by atoms with Crippen LogP contribution in [0.25, 0.3) is 0 Å². The molecule has 0 aliphatic rings. The summed E-state index contributed by atoms with van der Waals surface area (Å²) < 4.78 is 0. The van der Waals surface area contributed by atoms with E-state index in [1.807, 2.05) is 60.7 Å². The SMILES string of the molecule is O=C(NCCCNCCCCCCCCCCCCNCCCNC(=O)c1ccccc1)c1ccccc1. The Hall–Kier alpha value is -2.70. The molecule has 0 fully saturated rings. The molecule has 0 spiro atoms. The minimum Gasteiger partial charge on any atom is -0.352 e. The quantitative estimate of drug-likeness (QED) is 0.141. The van der Waals surface area contributed by atoms with Gasteiger partial charge in [-0.1, -0.05) is 87.8 Å². The van der Waals surface area contributed by atoms with Crippen LogP contribution >= 0.6 is 0 Å². The molecule has 0 saturated heterocycles. The molecule has 2 rings (SSSR count). The van der Waals surface area contributed by atoms with Crippen molar-refractivity contribution in [2.75, 3.05) is 39.3 Å². The smallest absolute Gasteiger partial charge is 0.251 e. The van der Waals surface area contributed by atoms with Gasteiger partial charge in [-0.25, -0.2) is 0 Å². The van der Waals surface area contributed by atoms with Crippen molar-refractivity contribution in [1.82, 2.24) is 21.3 Å². The topological polar surface area (TPSA) is 82.3 Å². The number of nitrogens with one attached hydrogen (secondary N) is 4. The molecular formula is C32H50N4O2. The second kappa shape index (κ2) is 22.3. The lowest BCUT2D eigenvalue weighted by Gasteiger charge is -2.07. The fourth-order valence-electron chi connectivity index (χ4n) is 4.38. The highest BCUT2D eigenvalue weighted by atomic mass is 16.2. The molecule has 4 N–H and O–H groups in total. The van der Waals surface area contributed by atoms with E-state index in [0.717, 1.165) is 50.1 Å². The predicted octanol–water partition coefficient (Wildman–Crippen LogP) is 5.71. The van der Waals surface area contributed by atoms with Crippen molar-refractivity contribution in [1.29, 1.82) is 0 Å². The van der Waals surface area contributed by atoms with Crippen LogP contribution in [0.2, 0.25) is 0 Å². The summed E-state index contributed by atoms with van der Waals surface area (Å²) >= 11 is 0. The molecule has 2 amide bonds. The number of benzene rings is 2. The third kappa shape index (κ3) is 16.2. The Labute approximate surface area is 230 Å². The van der Waals surface area contributed by atoms with Crippen LogP contribution in [-0.4, -0.2) is 51.1 Å². The van der Waals surface area contributed by atoms with Crippen LogP contribution in [0.15, 0.2) is 60.7 Å². The number of unbranched alkanes of at least 4 members (excludes halogenated alkanes) is 9. The number of hydrogen-bond donors (Lipinski definition) is 4. The van der Waals surface area contributed by atoms with Crippen LogP contribution in [-0.2, 0) is 0 Å². The lowest BCUT2D eigenvalue weighted by atomic mass is 10.1. The fourth-order valence-corrected chi connectivity index (χ4v) is 4.38. The maximum absolute atomic E-state index is 12.0. The Morgan fingerprint density at radius 3 is 1.08 bits per heavy atom. The number of hydrogen-bond acceptors (Lipinski definition) is 4. The van der Waals surface area contributed by atoms with Gasteiger partial charge in [0.05, 0.1) is 0 Å². The molecule has 210 valence electrons. The molecule has 6 nitrogen and oxygen atoms in total. The average Bonchev–Trinajstić information content (AvgIpc) is 2.96. The summed E-state index contributed by atoms with van der Waals surface area (Å²) in [6.45, 7) is 5.49. The first-order valence-electron chi connectivity index (χ1n) is 14.9. The van der Waals surface area contributed by atoms with Crippen LogP contribution in [0, 0.1) is 0 Å². The second-order valence-electron chi connectivity index (χ2n) is 9.99. The van der Waals surface area contributed by atoms with Crippen molar-refractivity contribution in [2.24, 2.45) is 0 Å². The van der Waals surface area contributed by atoms with Crippen LogP contribution in [0.3, 0.4) is 0 Å². The van der Waals surface area contributed by atoms with E-state index in [1.165, 1.54) is 64.2 Å². The zero-order chi connectivity index (χ0) is 26.9. The molecule has 38 heavy (non-hydrogen) atoms. The van der Waals surface area contributed by atoms with E-state index in [0.29, 0.717) is 13.1 Å². The molecule has 0 unspecified atom stereocenters. The Bertz CT molecular complexity index is 774. The summed E-state index contributed by atoms with van der Waals surface area (Å²) in [5, 5.41) is 12.9. The van der Waals surface area contributed by atoms with Crippen LogP contribution in [0.5, 0.6) is 0 Å². The van der Waals surface area contributed by atoms with Gasteiger partial charge in [-0.3, -0.25) is 9.59 Å². The minimum atomic E-state index is 0.0114. The molecule has 0 radical (unpaired) electrons. The molecule has 6 heteroatoms. The van der Waals surface area contributed by atoms with Crippen molar-refractivity contribution in [3.8, 4) is 0 Å². The first-order valence-corrected chi connectivity index (χ1v) is 14.9. The normalized spacial score (nSPS) is 10.8. The molecule has 0 bridgehead atoms. The van der Waals surface area contributed by atoms with E-state index in [-0.39, 0.29) is 11.8 Å². The number of carbonyl (C=O) groups is 2. The Morgan fingerprint density at radius 1 is 0.395 bits per heavy atom. The van der Waals surface area contributed by atoms with Crippen molar-refractivity contribution >= 4 is 11.8 Å². The maximum atomic E-state index is 12.0. The molecule has 0 aliphatic heterocycles. The van der Waals surface area contributed by atoms with Crippen molar-refractivity contribution in [2.45, 2.75) is 77.0 Å². The van der Waals surface area contributed by atoms with Gasteiger partial charge in [0.25, 0.3) is 11.8 Å². The van der Waals surface area contributed by atoms with Gasteiger partial charge >= 0.3 is 0 Å². The van der Waals surface area contributed by atoms with Crippen molar-refractivity contribution < 1.29 is 9.59 Å². The van der Waals surface area contributed by atoms with Gasteiger partial charge in [-0.05, 0) is 76.1 Å². The van der Waals surface area contributed by atoms with Gasteiger partial charge in [-0.15, -0.1) is 0 Å². The lowest BCUT2D eigenvalue weighted by Crippen LogP contribution is -2.27. The summed E-state index contributed by atoms with van der Waals surface area (Å²) in [6.07, 6.45) is 15.1. The number of rotatable bonds is 23. The highest BCUT2D eigenvalue weighted by Gasteiger charge is 2.03. The van der Waals surface area contributed by atoms with Crippen LogP contribution < -0.4 is 21.3 Å². The summed E-state index contributed by atoms with van der Waals surface area (Å²) in [7, 11) is 0. The van der Waals surface area contributed by atoms with Crippen molar-refractivity contribution in [3.05, 3.63) is 71.8 Å². The molecule has 0 aromatic heterocycles. The lowest BCUT2D eigenvalue weighted by molar-refractivity contribution is 0.0945. The highest BCUT2D eigenvalue weighted by Crippen LogP contribution is 2.10. The summed E-state index contributed by atoms with van der Waals surface area (Å²) in [4.78, 5) is 23.9. The van der Waals surface area contributed by atoms with Gasteiger partial charge in [-0.2, -0.15) is 0 Å². The predicted molar refractivity (Wildman–Crippen MR) is 159 cm³/mol. The van der Waals surface area contributed by atoms with Crippen molar-refractivity contribution in [3.63, 3.8) is 0 Å². The fraction of sp³-hybridized carbons (Fsp3) is 0.562. The van der Waals surface area contributed by atoms with E-state index in [1.54, 1.807) is 0 Å². The van der Waals surface area contributed by atoms with E-state index < -0.39 is 0 Å². The summed E-state index contributed by atoms with van der Waals surface area (Å²) in [5.41, 5.74) is 1.45. The monoisotopic (exact) mass is 522 g/mol. The Kier molecular flexibility index (Phi) is 18.5. The summed E-state index contributed by atoms with van der Waals surface area (Å²) in [6, 6.07) is 18.8. The van der Waals surface area contributed by atoms with E-state index in [9.17, 15) is 9.59 Å². The second-order valence-corrected chi connectivity index (χ2v) is 9.99. The molecule has 0 atom stereocenters. The molecule has 2 aromatic carbocycles. The van der Waals surface area contributed by atoms with Gasteiger partial charge in [0.15, 0.2) is 0 Å². The molecule has 0 heterocycles. The highest BCUT2D eigenvalue weighted by molar-refractivity contribution is 5.94. The van der Waals surface area contributed by atoms with Gasteiger partial charge in [0, 0.05) is 24.2 Å². The first kappa shape index (κ1) is 31.5. The molecular weight excluding hydrogens is 472 g/mol. The van der Waals surface area contributed by atoms with E-state index in [4.69, 9.17) is 0 Å². The third-order valence-electron chi connectivity index (χ3n) is 6.66.